The predicted molar refractivity (Wildman–Crippen MR) is 437 cm³/mol. The number of nitrogens with zero attached hydrogens (tertiary/aromatic N) is 8. The zero-order valence-corrected chi connectivity index (χ0v) is 66.2. The molecule has 16 aromatic rings. The van der Waals surface area contributed by atoms with Crippen LogP contribution >= 0.6 is 0 Å². The lowest BCUT2D eigenvalue weighted by Gasteiger charge is -2.20. The second-order valence-corrected chi connectivity index (χ2v) is 31.1. The zero-order chi connectivity index (χ0) is 75.4. The molecule has 0 spiro atoms. The smallest absolute Gasteiger partial charge is 0.227 e. The Balaban J connectivity index is 0.000000120. The fourth-order valence-corrected chi connectivity index (χ4v) is 15.5. The number of furan rings is 4. The number of benzene rings is 4. The molecule has 12 heteroatoms. The lowest BCUT2D eigenvalue weighted by atomic mass is 9.86. The molecule has 0 unspecified atom stereocenters. The molecule has 0 N–H and O–H groups in total. The highest BCUT2D eigenvalue weighted by molar-refractivity contribution is 6.12. The van der Waals surface area contributed by atoms with Crippen LogP contribution < -0.4 is 18.3 Å². The van der Waals surface area contributed by atoms with Crippen LogP contribution in [-0.4, -0.2) is 19.9 Å². The van der Waals surface area contributed by atoms with Crippen molar-refractivity contribution in [3.05, 3.63) is 238 Å². The van der Waals surface area contributed by atoms with Crippen LogP contribution in [-0.2, 0) is 41.0 Å². The van der Waals surface area contributed by atoms with Crippen molar-refractivity contribution in [3.8, 4) is 45.0 Å². The highest BCUT2D eigenvalue weighted by Crippen LogP contribution is 2.43. The molecule has 4 aromatic carbocycles. The van der Waals surface area contributed by atoms with E-state index in [1.165, 1.54) is 111 Å². The maximum absolute atomic E-state index is 6.45. The van der Waals surface area contributed by atoms with Gasteiger partial charge in [0.25, 0.3) is 0 Å². The van der Waals surface area contributed by atoms with Crippen LogP contribution in [0.2, 0.25) is 0 Å². The molecule has 0 bridgehead atoms. The van der Waals surface area contributed by atoms with E-state index in [0.717, 1.165) is 129 Å². The van der Waals surface area contributed by atoms with Crippen LogP contribution in [0.15, 0.2) is 188 Å². The standard InChI is InChI=1S/C26H29N2O.C24H27N2O.C23H25N2O.C22H23N2O/c1-4-18-14-15-28(3)23(16-18)24-17(2)10-11-20-21-12-13-22(19-8-6-5-7-9-19)27-26(21)29-25(20)24;1-14(2)17-11-12-26(6)21(13-17)22-16(5)7-8-18-19-9-10-20(15(3)4)25-24(19)27-23(18)22;1-6-17-8-10-19-18-9-7-15(4)21(22(18)26-23(19)24-17)20-13-16(14(2)3)11-12-25(20)5;1-13(2)16-10-11-24(5)19(12-16)20-14(3)6-8-17-18-9-7-15(4)23-22(18)25-21(17)20/h10-16,19H,4-9H2,1-3H3;7-15H,1-6H3;7-14H,6H2,1-5H3;6-13H,1-5H3/q4*+1. The summed E-state index contributed by atoms with van der Waals surface area (Å²) in [6.45, 7) is 32.6. The summed E-state index contributed by atoms with van der Waals surface area (Å²) in [4.78, 5) is 19.0. The van der Waals surface area contributed by atoms with Gasteiger partial charge in [0, 0.05) is 120 Å². The molecule has 0 radical (unpaired) electrons. The average Bonchev–Trinajstić information content (AvgIpc) is 1.64. The Morgan fingerprint density at radius 2 is 0.701 bits per heavy atom. The van der Waals surface area contributed by atoms with Gasteiger partial charge in [0.1, 0.15) is 28.2 Å². The average molecular weight is 1420 g/mol. The number of aryl methyl sites for hydroxylation is 11. The number of pyridine rings is 8. The van der Waals surface area contributed by atoms with Crippen molar-refractivity contribution in [2.45, 2.75) is 178 Å². The van der Waals surface area contributed by atoms with Crippen molar-refractivity contribution in [1.29, 1.82) is 0 Å². The van der Waals surface area contributed by atoms with E-state index in [1.807, 2.05) is 13.0 Å². The first-order valence-electron chi connectivity index (χ1n) is 38.7. The maximum Gasteiger partial charge on any atom is 0.227 e. The van der Waals surface area contributed by atoms with Gasteiger partial charge in [0.2, 0.25) is 45.6 Å². The van der Waals surface area contributed by atoms with Gasteiger partial charge in [-0.3, -0.25) is 0 Å². The molecule has 0 amide bonds. The first-order valence-corrected chi connectivity index (χ1v) is 38.7. The van der Waals surface area contributed by atoms with Gasteiger partial charge < -0.3 is 17.7 Å². The van der Waals surface area contributed by atoms with Gasteiger partial charge >= 0.3 is 0 Å². The van der Waals surface area contributed by atoms with Gasteiger partial charge in [-0.2, -0.15) is 0 Å². The summed E-state index contributed by atoms with van der Waals surface area (Å²) in [7, 11) is 8.38. The second-order valence-electron chi connectivity index (χ2n) is 31.1. The molecule has 1 fully saturated rings. The minimum absolute atomic E-state index is 0.379. The topological polar surface area (TPSA) is 120 Å². The molecular weight excluding hydrogens is 1320 g/mol. The van der Waals surface area contributed by atoms with Crippen LogP contribution in [0.25, 0.3) is 133 Å². The van der Waals surface area contributed by atoms with Crippen molar-refractivity contribution in [3.63, 3.8) is 0 Å². The largest absolute Gasteiger partial charge is 0.437 e. The van der Waals surface area contributed by atoms with Crippen molar-refractivity contribution in [1.82, 2.24) is 19.9 Å². The van der Waals surface area contributed by atoms with Crippen molar-refractivity contribution >= 4 is 88.3 Å². The molecule has 1 aliphatic rings. The molecule has 107 heavy (non-hydrogen) atoms. The third-order valence-corrected chi connectivity index (χ3v) is 22.2. The minimum Gasteiger partial charge on any atom is -0.437 e. The van der Waals surface area contributed by atoms with E-state index in [4.69, 9.17) is 32.6 Å². The minimum atomic E-state index is 0.379. The Morgan fingerprint density at radius 3 is 1.10 bits per heavy atom. The van der Waals surface area contributed by atoms with Gasteiger partial charge in [-0.25, -0.2) is 38.2 Å². The van der Waals surface area contributed by atoms with Crippen LogP contribution in [0.1, 0.15) is 198 Å². The second kappa shape index (κ2) is 30.3. The van der Waals surface area contributed by atoms with Crippen molar-refractivity contribution in [2.75, 3.05) is 0 Å². The molecule has 0 atom stereocenters. The van der Waals surface area contributed by atoms with E-state index in [9.17, 15) is 0 Å². The van der Waals surface area contributed by atoms with Crippen LogP contribution in [0.4, 0.5) is 0 Å². The summed E-state index contributed by atoms with van der Waals surface area (Å²) in [5.74, 6) is 2.42. The lowest BCUT2D eigenvalue weighted by molar-refractivity contribution is -0.660. The number of rotatable bonds is 11. The van der Waals surface area contributed by atoms with Crippen molar-refractivity contribution in [2.24, 2.45) is 28.2 Å². The zero-order valence-electron chi connectivity index (χ0n) is 66.2. The Hall–Kier alpha value is -10.7. The summed E-state index contributed by atoms with van der Waals surface area (Å²) >= 11 is 0. The SMILES string of the molecule is CCc1cc[n+](C)c(-c2c(C)ccc3c2oc2nc(C4CCCCC4)ccc23)c1.CCc1ccc2c(n1)oc1c(-c3cc(C(C)C)cc[n+]3C)c(C)ccc12.Cc1ccc2c(n1)oc1c(-c3cc(C(C)C)cc[n+]3C)c(C)ccc12.Cc1ccc2c(oc3nc(C(C)C)ccc32)c1-c1cc(C(C)C)cc[n+]1C. The molecule has 544 valence electrons. The van der Waals surface area contributed by atoms with Crippen LogP contribution in [0.3, 0.4) is 0 Å². The third-order valence-electron chi connectivity index (χ3n) is 22.2. The van der Waals surface area contributed by atoms with Gasteiger partial charge in [-0.1, -0.05) is 137 Å². The van der Waals surface area contributed by atoms with E-state index < -0.39 is 0 Å². The Kier molecular flexibility index (Phi) is 20.7. The van der Waals surface area contributed by atoms with Crippen LogP contribution in [0, 0.1) is 34.6 Å². The van der Waals surface area contributed by atoms with E-state index in [1.54, 1.807) is 0 Å². The Labute approximate surface area is 629 Å². The molecule has 17 rings (SSSR count). The van der Waals surface area contributed by atoms with E-state index >= 15 is 0 Å². The molecule has 0 saturated heterocycles. The molecular formula is C95H104N8O4+4. The van der Waals surface area contributed by atoms with E-state index in [-0.39, 0.29) is 0 Å². The molecule has 1 saturated carbocycles. The molecule has 1 aliphatic carbocycles. The maximum atomic E-state index is 6.45. The molecule has 12 aromatic heterocycles. The summed E-state index contributed by atoms with van der Waals surface area (Å²) < 4.78 is 34.0. The fourth-order valence-electron chi connectivity index (χ4n) is 15.5. The number of aromatic nitrogens is 8. The highest BCUT2D eigenvalue weighted by atomic mass is 16.4. The number of hydrogen-bond donors (Lipinski definition) is 0. The van der Waals surface area contributed by atoms with Crippen molar-refractivity contribution < 1.29 is 35.9 Å². The normalized spacial score (nSPS) is 12.8. The predicted octanol–water partition coefficient (Wildman–Crippen LogP) is 23.1. The number of hydrogen-bond acceptors (Lipinski definition) is 8. The molecule has 12 heterocycles. The van der Waals surface area contributed by atoms with E-state index in [2.05, 4.69) is 313 Å². The summed E-state index contributed by atoms with van der Waals surface area (Å²) in [6.07, 6.45) is 17.0. The first kappa shape index (κ1) is 73.2. The van der Waals surface area contributed by atoms with Gasteiger partial charge in [-0.05, 0) is 177 Å². The molecule has 0 aliphatic heterocycles. The summed E-state index contributed by atoms with van der Waals surface area (Å²) in [6, 6.07) is 52.4. The Morgan fingerprint density at radius 1 is 0.346 bits per heavy atom. The van der Waals surface area contributed by atoms with Crippen LogP contribution in [0.5, 0.6) is 0 Å². The van der Waals surface area contributed by atoms with Gasteiger partial charge in [-0.15, -0.1) is 0 Å². The Bertz CT molecular complexity index is 6050. The lowest BCUT2D eigenvalue weighted by Crippen LogP contribution is -2.31. The third kappa shape index (κ3) is 14.2. The quantitative estimate of drug-likeness (QED) is 0.117. The van der Waals surface area contributed by atoms with E-state index in [0.29, 0.717) is 35.3 Å². The first-order chi connectivity index (χ1) is 51.5. The molecule has 12 nitrogen and oxygen atoms in total. The van der Waals surface area contributed by atoms with Gasteiger partial charge in [0.05, 0.1) is 22.3 Å². The summed E-state index contributed by atoms with van der Waals surface area (Å²) in [5, 5.41) is 8.90. The summed E-state index contributed by atoms with van der Waals surface area (Å²) in [5.41, 5.74) is 30.5. The van der Waals surface area contributed by atoms with Gasteiger partial charge in [0.15, 0.2) is 47.1 Å². The fraction of sp³-hybridized carbons (Fsp3) is 0.326. The highest BCUT2D eigenvalue weighted by Gasteiger charge is 2.28. The number of fused-ring (bicyclic) bond motifs is 12. The monoisotopic (exact) mass is 1420 g/mol.